The van der Waals surface area contributed by atoms with Gasteiger partial charge in [-0.25, -0.2) is 0 Å². The third-order valence-electron chi connectivity index (χ3n) is 3.28. The first kappa shape index (κ1) is 12.9. The molecule has 1 amide bonds. The van der Waals surface area contributed by atoms with E-state index in [9.17, 15) is 4.79 Å². The number of carbonyl (C=O) groups excluding carboxylic acids is 1. The third-order valence-corrected chi connectivity index (χ3v) is 3.28. The highest BCUT2D eigenvalue weighted by atomic mass is 16.5. The van der Waals surface area contributed by atoms with Gasteiger partial charge in [0, 0.05) is 25.5 Å². The maximum Gasteiger partial charge on any atom is 0.287 e. The normalized spacial score (nSPS) is 18.3. The molecule has 0 aromatic carbocycles. The van der Waals surface area contributed by atoms with Gasteiger partial charge in [0.25, 0.3) is 5.91 Å². The third kappa shape index (κ3) is 3.08. The van der Waals surface area contributed by atoms with E-state index in [0.29, 0.717) is 24.6 Å². The van der Waals surface area contributed by atoms with E-state index in [-0.39, 0.29) is 12.0 Å². The number of furan rings is 1. The van der Waals surface area contributed by atoms with Gasteiger partial charge < -0.3 is 14.5 Å². The lowest BCUT2D eigenvalue weighted by Crippen LogP contribution is -2.31. The minimum atomic E-state index is -0.202. The number of carbonyl (C=O) groups is 1. The molecule has 6 heteroatoms. The van der Waals surface area contributed by atoms with Crippen LogP contribution in [0.3, 0.4) is 0 Å². The lowest BCUT2D eigenvalue weighted by molar-refractivity contribution is 0.0833. The molecule has 3 rings (SSSR count). The summed E-state index contributed by atoms with van der Waals surface area (Å²) in [6, 6.07) is 5.32. The molecule has 1 N–H and O–H groups in total. The molecule has 106 valence electrons. The van der Waals surface area contributed by atoms with Gasteiger partial charge >= 0.3 is 0 Å². The van der Waals surface area contributed by atoms with Crippen LogP contribution in [0.2, 0.25) is 0 Å². The summed E-state index contributed by atoms with van der Waals surface area (Å²) in [6.45, 7) is 1.84. The highest BCUT2D eigenvalue weighted by Crippen LogP contribution is 2.12. The van der Waals surface area contributed by atoms with E-state index in [4.69, 9.17) is 9.15 Å². The van der Waals surface area contributed by atoms with Crippen molar-refractivity contribution in [2.24, 2.45) is 0 Å². The second-order valence-corrected chi connectivity index (χ2v) is 4.81. The minimum Gasteiger partial charge on any atom is -0.454 e. The van der Waals surface area contributed by atoms with Gasteiger partial charge in [-0.1, -0.05) is 0 Å². The summed E-state index contributed by atoms with van der Waals surface area (Å²) in [7, 11) is 0. The van der Waals surface area contributed by atoms with Crippen LogP contribution >= 0.6 is 0 Å². The van der Waals surface area contributed by atoms with Crippen LogP contribution in [0.15, 0.2) is 35.0 Å². The first-order valence-electron chi connectivity index (χ1n) is 6.77. The molecule has 0 bridgehead atoms. The standard InChI is InChI=1S/C14H17N3O3/c18-14(15-9-11-3-1-8-19-11)13-5-4-12(20-13)10-17-7-2-6-16-17/h2,4-7,11H,1,3,8-10H2,(H,15,18). The van der Waals surface area contributed by atoms with E-state index in [0.717, 1.165) is 19.4 Å². The maximum absolute atomic E-state index is 11.9. The molecule has 1 aliphatic heterocycles. The van der Waals surface area contributed by atoms with Gasteiger partial charge in [0.15, 0.2) is 5.76 Å². The average Bonchev–Trinajstić information content (AvgIpc) is 3.19. The maximum atomic E-state index is 11.9. The van der Waals surface area contributed by atoms with Crippen molar-refractivity contribution in [1.29, 1.82) is 0 Å². The molecule has 0 spiro atoms. The van der Waals surface area contributed by atoms with Crippen molar-refractivity contribution in [2.75, 3.05) is 13.2 Å². The van der Waals surface area contributed by atoms with E-state index in [1.54, 1.807) is 23.0 Å². The number of aromatic nitrogens is 2. The molecule has 1 unspecified atom stereocenters. The second kappa shape index (κ2) is 5.92. The van der Waals surface area contributed by atoms with Crippen molar-refractivity contribution >= 4 is 5.91 Å². The van der Waals surface area contributed by atoms with E-state index < -0.39 is 0 Å². The quantitative estimate of drug-likeness (QED) is 0.896. The van der Waals surface area contributed by atoms with E-state index in [1.807, 2.05) is 12.3 Å². The summed E-state index contributed by atoms with van der Waals surface area (Å²) in [5, 5.41) is 6.93. The second-order valence-electron chi connectivity index (χ2n) is 4.81. The highest BCUT2D eigenvalue weighted by molar-refractivity contribution is 5.91. The molecule has 1 atom stereocenters. The van der Waals surface area contributed by atoms with Crippen LogP contribution in [0.25, 0.3) is 0 Å². The molecule has 1 saturated heterocycles. The fraction of sp³-hybridized carbons (Fsp3) is 0.429. The monoisotopic (exact) mass is 275 g/mol. The van der Waals surface area contributed by atoms with Gasteiger partial charge in [0.2, 0.25) is 0 Å². The molecule has 1 aliphatic rings. The van der Waals surface area contributed by atoms with Crippen molar-refractivity contribution in [2.45, 2.75) is 25.5 Å². The Bertz CT molecular complexity index is 556. The Kier molecular flexibility index (Phi) is 3.83. The Balaban J connectivity index is 1.54. The summed E-state index contributed by atoms with van der Waals surface area (Å²) in [5.74, 6) is 0.827. The minimum absolute atomic E-state index is 0.137. The van der Waals surface area contributed by atoms with E-state index in [1.165, 1.54) is 0 Å². The molecule has 2 aromatic heterocycles. The smallest absolute Gasteiger partial charge is 0.287 e. The number of rotatable bonds is 5. The van der Waals surface area contributed by atoms with Gasteiger partial charge in [-0.2, -0.15) is 5.10 Å². The Morgan fingerprint density at radius 1 is 1.50 bits per heavy atom. The lowest BCUT2D eigenvalue weighted by Gasteiger charge is -2.09. The van der Waals surface area contributed by atoms with Crippen LogP contribution < -0.4 is 5.32 Å². The Morgan fingerprint density at radius 2 is 2.45 bits per heavy atom. The zero-order valence-electron chi connectivity index (χ0n) is 11.1. The number of amides is 1. The van der Waals surface area contributed by atoms with Crippen LogP contribution in [-0.2, 0) is 11.3 Å². The Morgan fingerprint density at radius 3 is 3.20 bits per heavy atom. The Labute approximate surface area is 116 Å². The van der Waals surface area contributed by atoms with Crippen LogP contribution in [0.5, 0.6) is 0 Å². The molecule has 3 heterocycles. The van der Waals surface area contributed by atoms with Crippen LogP contribution in [-0.4, -0.2) is 34.9 Å². The fourth-order valence-electron chi connectivity index (χ4n) is 2.24. The van der Waals surface area contributed by atoms with Gasteiger partial charge in [-0.3, -0.25) is 9.48 Å². The number of nitrogens with zero attached hydrogens (tertiary/aromatic N) is 2. The molecule has 2 aromatic rings. The van der Waals surface area contributed by atoms with Gasteiger partial charge in [-0.15, -0.1) is 0 Å². The average molecular weight is 275 g/mol. The van der Waals surface area contributed by atoms with Gasteiger partial charge in [0.1, 0.15) is 5.76 Å². The SMILES string of the molecule is O=C(NCC1CCCO1)c1ccc(Cn2cccn2)o1. The predicted octanol–water partition coefficient (Wildman–Crippen LogP) is 1.43. The highest BCUT2D eigenvalue weighted by Gasteiger charge is 2.18. The summed E-state index contributed by atoms with van der Waals surface area (Å²) in [4.78, 5) is 11.9. The number of hydrogen-bond donors (Lipinski definition) is 1. The summed E-state index contributed by atoms with van der Waals surface area (Å²) >= 11 is 0. The van der Waals surface area contributed by atoms with E-state index in [2.05, 4.69) is 10.4 Å². The lowest BCUT2D eigenvalue weighted by atomic mass is 10.2. The first-order chi connectivity index (χ1) is 9.81. The van der Waals surface area contributed by atoms with Crippen molar-refractivity contribution in [3.63, 3.8) is 0 Å². The molecular formula is C14H17N3O3. The molecule has 20 heavy (non-hydrogen) atoms. The molecule has 1 fully saturated rings. The molecular weight excluding hydrogens is 258 g/mol. The van der Waals surface area contributed by atoms with Crippen LogP contribution in [0.4, 0.5) is 0 Å². The van der Waals surface area contributed by atoms with Crippen molar-refractivity contribution in [3.8, 4) is 0 Å². The largest absolute Gasteiger partial charge is 0.454 e. The van der Waals surface area contributed by atoms with Gasteiger partial charge in [0.05, 0.1) is 12.6 Å². The molecule has 0 aliphatic carbocycles. The van der Waals surface area contributed by atoms with Crippen LogP contribution in [0, 0.1) is 0 Å². The fourth-order valence-corrected chi connectivity index (χ4v) is 2.24. The molecule has 0 radical (unpaired) electrons. The Hall–Kier alpha value is -2.08. The van der Waals surface area contributed by atoms with Crippen molar-refractivity contribution in [3.05, 3.63) is 42.1 Å². The summed E-state index contributed by atoms with van der Waals surface area (Å²) < 4.78 is 12.7. The predicted molar refractivity (Wildman–Crippen MR) is 71.3 cm³/mol. The molecule has 6 nitrogen and oxygen atoms in total. The van der Waals surface area contributed by atoms with Gasteiger partial charge in [-0.05, 0) is 31.0 Å². The van der Waals surface area contributed by atoms with Crippen molar-refractivity contribution < 1.29 is 13.9 Å². The molecule has 0 saturated carbocycles. The number of nitrogens with one attached hydrogen (secondary N) is 1. The number of ether oxygens (including phenoxy) is 1. The summed E-state index contributed by atoms with van der Waals surface area (Å²) in [6.07, 6.45) is 5.76. The van der Waals surface area contributed by atoms with Crippen molar-refractivity contribution in [1.82, 2.24) is 15.1 Å². The first-order valence-corrected chi connectivity index (χ1v) is 6.77. The summed E-state index contributed by atoms with van der Waals surface area (Å²) in [5.41, 5.74) is 0. The topological polar surface area (TPSA) is 69.3 Å². The van der Waals surface area contributed by atoms with E-state index >= 15 is 0 Å². The zero-order valence-corrected chi connectivity index (χ0v) is 11.1. The zero-order chi connectivity index (χ0) is 13.8. The van der Waals surface area contributed by atoms with Crippen LogP contribution in [0.1, 0.15) is 29.2 Å². The number of hydrogen-bond acceptors (Lipinski definition) is 4.